The van der Waals surface area contributed by atoms with Crippen molar-refractivity contribution in [2.24, 2.45) is 0 Å². The molecule has 1 fully saturated rings. The van der Waals surface area contributed by atoms with E-state index in [1.165, 1.54) is 27.2 Å². The summed E-state index contributed by atoms with van der Waals surface area (Å²) in [6, 6.07) is 0. The van der Waals surface area contributed by atoms with E-state index in [4.69, 9.17) is 28.4 Å². The Bertz CT molecular complexity index is 1090. The molecule has 3 N–H and O–H groups in total. The summed E-state index contributed by atoms with van der Waals surface area (Å²) in [4.78, 5) is 81.1. The number of ether oxygens (including phenoxy) is 6. The number of rotatable bonds is 31. The molecular formula is C37H63N3O13. The van der Waals surface area contributed by atoms with Crippen molar-refractivity contribution < 1.29 is 62.0 Å². The molecule has 0 aromatic carbocycles. The van der Waals surface area contributed by atoms with E-state index in [2.05, 4.69) is 16.0 Å². The highest BCUT2D eigenvalue weighted by Gasteiger charge is 2.44. The zero-order valence-corrected chi connectivity index (χ0v) is 32.0. The third-order valence-corrected chi connectivity index (χ3v) is 8.17. The van der Waals surface area contributed by atoms with E-state index in [9.17, 15) is 33.6 Å². The van der Waals surface area contributed by atoms with E-state index in [0.29, 0.717) is 58.3 Å². The van der Waals surface area contributed by atoms with Gasteiger partial charge in [-0.3, -0.25) is 28.8 Å². The standard InChI is InChI=1S/C37H63N3O13/c1-28(42)50-27-32-37(52-30(3)44)31(51-29(2)43)26-36(53-32)49-23-14-12-17-33(45)38-19-15-20-39-35(47)18-24-48-25-21-40-34(46)16-11-9-7-5-4-6-8-10-13-22-41/h22,31-32,36-37H,4-21,23-27H2,1-3H3,(H,38,45)(H,39,47)(H,40,46)/t31-,32-,36-,37-/m1/s1. The first kappa shape index (κ1) is 47.4. The largest absolute Gasteiger partial charge is 0.463 e. The van der Waals surface area contributed by atoms with Gasteiger partial charge in [-0.1, -0.05) is 38.5 Å². The van der Waals surface area contributed by atoms with Gasteiger partial charge in [0, 0.05) is 79.1 Å². The maximum Gasteiger partial charge on any atom is 0.303 e. The topological polar surface area (TPSA) is 211 Å². The molecule has 0 saturated carbocycles. The Balaban J connectivity index is 2.06. The summed E-state index contributed by atoms with van der Waals surface area (Å²) in [5.74, 6) is -1.99. The van der Waals surface area contributed by atoms with E-state index in [1.807, 2.05) is 0 Å². The molecule has 0 aliphatic carbocycles. The van der Waals surface area contributed by atoms with Gasteiger partial charge in [0.2, 0.25) is 17.7 Å². The second-order valence-electron chi connectivity index (χ2n) is 13.0. The molecule has 1 rings (SSSR count). The summed E-state index contributed by atoms with van der Waals surface area (Å²) in [7, 11) is 0. The molecule has 53 heavy (non-hydrogen) atoms. The molecule has 304 valence electrons. The first-order valence-corrected chi connectivity index (χ1v) is 19.1. The maximum atomic E-state index is 12.2. The Morgan fingerprint density at radius 3 is 1.79 bits per heavy atom. The van der Waals surface area contributed by atoms with Crippen LogP contribution in [0.2, 0.25) is 0 Å². The van der Waals surface area contributed by atoms with Crippen LogP contribution < -0.4 is 16.0 Å². The van der Waals surface area contributed by atoms with Gasteiger partial charge >= 0.3 is 17.9 Å². The van der Waals surface area contributed by atoms with Crippen molar-refractivity contribution in [1.82, 2.24) is 16.0 Å². The van der Waals surface area contributed by atoms with E-state index in [0.717, 1.165) is 51.2 Å². The van der Waals surface area contributed by atoms with Crippen LogP contribution >= 0.6 is 0 Å². The highest BCUT2D eigenvalue weighted by Crippen LogP contribution is 2.27. The summed E-state index contributed by atoms with van der Waals surface area (Å²) < 4.78 is 32.8. The highest BCUT2D eigenvalue weighted by atomic mass is 16.7. The lowest BCUT2D eigenvalue weighted by Gasteiger charge is -2.39. The quantitative estimate of drug-likeness (QED) is 0.0403. The smallest absolute Gasteiger partial charge is 0.303 e. The van der Waals surface area contributed by atoms with Crippen LogP contribution in [0.1, 0.15) is 124 Å². The first-order chi connectivity index (χ1) is 25.5. The molecule has 1 heterocycles. The maximum absolute atomic E-state index is 12.2. The minimum absolute atomic E-state index is 0.00832. The van der Waals surface area contributed by atoms with Crippen molar-refractivity contribution in [3.63, 3.8) is 0 Å². The van der Waals surface area contributed by atoms with Gasteiger partial charge in [-0.2, -0.15) is 0 Å². The van der Waals surface area contributed by atoms with Gasteiger partial charge in [-0.15, -0.1) is 0 Å². The summed E-state index contributed by atoms with van der Waals surface area (Å²) >= 11 is 0. The number of hydrogen-bond acceptors (Lipinski definition) is 13. The highest BCUT2D eigenvalue weighted by molar-refractivity contribution is 5.76. The van der Waals surface area contributed by atoms with E-state index in [-0.39, 0.29) is 56.8 Å². The Hall–Kier alpha value is -3.63. The fraction of sp³-hybridized carbons (Fsp3) is 0.811. The predicted molar refractivity (Wildman–Crippen MR) is 192 cm³/mol. The van der Waals surface area contributed by atoms with Crippen molar-refractivity contribution in [2.45, 2.75) is 148 Å². The second kappa shape index (κ2) is 30.8. The van der Waals surface area contributed by atoms with Gasteiger partial charge in [0.25, 0.3) is 0 Å². The fourth-order valence-electron chi connectivity index (χ4n) is 5.52. The monoisotopic (exact) mass is 757 g/mol. The Kier molecular flexibility index (Phi) is 27.5. The van der Waals surface area contributed by atoms with Crippen molar-refractivity contribution in [2.75, 3.05) is 46.1 Å². The van der Waals surface area contributed by atoms with Crippen molar-refractivity contribution in [3.8, 4) is 0 Å². The zero-order valence-electron chi connectivity index (χ0n) is 32.0. The molecule has 1 aliphatic rings. The number of carbonyl (C=O) groups is 7. The molecule has 1 saturated heterocycles. The molecule has 0 radical (unpaired) electrons. The lowest BCUT2D eigenvalue weighted by molar-refractivity contribution is -0.266. The van der Waals surface area contributed by atoms with Crippen LogP contribution in [0.3, 0.4) is 0 Å². The van der Waals surface area contributed by atoms with Crippen LogP contribution in [-0.4, -0.2) is 113 Å². The van der Waals surface area contributed by atoms with E-state index < -0.39 is 42.5 Å². The number of aldehydes is 1. The Morgan fingerprint density at radius 1 is 0.623 bits per heavy atom. The Morgan fingerprint density at radius 2 is 1.19 bits per heavy atom. The van der Waals surface area contributed by atoms with Crippen LogP contribution in [0, 0.1) is 0 Å². The van der Waals surface area contributed by atoms with Gasteiger partial charge in [0.1, 0.15) is 25.1 Å². The average Bonchev–Trinajstić information content (AvgIpc) is 3.10. The van der Waals surface area contributed by atoms with Crippen LogP contribution in [0.15, 0.2) is 0 Å². The van der Waals surface area contributed by atoms with E-state index >= 15 is 0 Å². The number of nitrogens with one attached hydrogen (secondary N) is 3. The number of amides is 3. The summed E-state index contributed by atoms with van der Waals surface area (Å²) in [5.41, 5.74) is 0. The molecule has 0 aromatic rings. The molecular weight excluding hydrogens is 694 g/mol. The van der Waals surface area contributed by atoms with Gasteiger partial charge < -0.3 is 49.2 Å². The van der Waals surface area contributed by atoms with Crippen LogP contribution in [0.25, 0.3) is 0 Å². The number of unbranched alkanes of at least 4 members (excludes halogenated alkanes) is 9. The predicted octanol–water partition coefficient (Wildman–Crippen LogP) is 2.96. The van der Waals surface area contributed by atoms with Crippen LogP contribution in [0.5, 0.6) is 0 Å². The molecule has 0 aromatic heterocycles. The van der Waals surface area contributed by atoms with Gasteiger partial charge in [0.15, 0.2) is 12.4 Å². The van der Waals surface area contributed by atoms with Crippen molar-refractivity contribution in [1.29, 1.82) is 0 Å². The van der Waals surface area contributed by atoms with Crippen molar-refractivity contribution in [3.05, 3.63) is 0 Å². The molecule has 0 unspecified atom stereocenters. The zero-order chi connectivity index (χ0) is 39.1. The summed E-state index contributed by atoms with van der Waals surface area (Å²) in [6.07, 6.45) is 9.43. The van der Waals surface area contributed by atoms with Crippen LogP contribution in [0.4, 0.5) is 0 Å². The van der Waals surface area contributed by atoms with Crippen LogP contribution in [-0.2, 0) is 62.0 Å². The molecule has 4 atom stereocenters. The Labute approximate surface area is 313 Å². The van der Waals surface area contributed by atoms with Gasteiger partial charge in [0.05, 0.1) is 13.2 Å². The molecule has 16 nitrogen and oxygen atoms in total. The number of carbonyl (C=O) groups excluding carboxylic acids is 7. The third kappa shape index (κ3) is 26.7. The first-order valence-electron chi connectivity index (χ1n) is 19.1. The fourth-order valence-corrected chi connectivity index (χ4v) is 5.52. The molecule has 16 heteroatoms. The normalized spacial score (nSPS) is 18.0. The molecule has 0 spiro atoms. The molecule has 3 amide bonds. The minimum Gasteiger partial charge on any atom is -0.463 e. The average molecular weight is 758 g/mol. The number of hydrogen-bond donors (Lipinski definition) is 3. The SMILES string of the molecule is CC(=O)OC[C@H]1O[C@@H](OCCCCC(=O)NCCCNC(=O)CCOCCNC(=O)CCCCCCCCCCC=O)C[C@@H](OC(C)=O)[C@H]1OC(C)=O. The van der Waals surface area contributed by atoms with E-state index in [1.54, 1.807) is 0 Å². The number of esters is 3. The molecule has 1 aliphatic heterocycles. The second-order valence-corrected chi connectivity index (χ2v) is 13.0. The summed E-state index contributed by atoms with van der Waals surface area (Å²) in [5, 5.41) is 8.45. The third-order valence-electron chi connectivity index (χ3n) is 8.17. The lowest BCUT2D eigenvalue weighted by atomic mass is 10.0. The van der Waals surface area contributed by atoms with Crippen molar-refractivity contribution >= 4 is 41.9 Å². The lowest BCUT2D eigenvalue weighted by Crippen LogP contribution is -2.54. The summed E-state index contributed by atoms with van der Waals surface area (Å²) in [6.45, 7) is 5.52. The van der Waals surface area contributed by atoms with Gasteiger partial charge in [-0.05, 0) is 32.1 Å². The molecule has 0 bridgehead atoms. The minimum atomic E-state index is -0.975. The van der Waals surface area contributed by atoms with Gasteiger partial charge in [-0.25, -0.2) is 0 Å².